The number of ketones is 2. The van der Waals surface area contributed by atoms with E-state index in [0.717, 1.165) is 38.0 Å². The first-order chi connectivity index (χ1) is 12.9. The van der Waals surface area contributed by atoms with Crippen LogP contribution >= 0.6 is 0 Å². The number of Topliss-reactive ketones (excluding diaryl/α,β-unsaturated/α-hetero) is 2. The molecule has 0 saturated carbocycles. The van der Waals surface area contributed by atoms with Gasteiger partial charge in [-0.05, 0) is 43.8 Å². The first-order valence-electron chi connectivity index (χ1n) is 10.3. The molecule has 158 valence electrons. The average molecular weight is 390 g/mol. The first kappa shape index (κ1) is 24.4. The lowest BCUT2D eigenvalue weighted by Gasteiger charge is -2.29. The molecule has 0 spiro atoms. The van der Waals surface area contributed by atoms with E-state index < -0.39 is 0 Å². The number of hydrogen-bond donors (Lipinski definition) is 0. The average Bonchev–Trinajstić information content (AvgIpc) is 2.53. The van der Waals surface area contributed by atoms with Crippen molar-refractivity contribution in [2.45, 2.75) is 73.6 Å². The molecule has 5 nitrogen and oxygen atoms in total. The van der Waals surface area contributed by atoms with Crippen LogP contribution in [0.25, 0.3) is 0 Å². The number of carbonyl (C=O) groups is 2. The molecule has 0 aliphatic carbocycles. The third-order valence-electron chi connectivity index (χ3n) is 4.60. The summed E-state index contributed by atoms with van der Waals surface area (Å²) < 4.78 is 0. The number of hydrogen-bond acceptors (Lipinski definition) is 5. The Kier molecular flexibility index (Phi) is 9.42. The van der Waals surface area contributed by atoms with Crippen molar-refractivity contribution in [2.75, 3.05) is 20.1 Å². The maximum atomic E-state index is 11.9. The largest absolute Gasteiger partial charge is 0.306 e. The maximum Gasteiger partial charge on any atom is 0.139 e. The van der Waals surface area contributed by atoms with E-state index in [2.05, 4.69) is 63.5 Å². The molecular weight excluding hydrogens is 350 g/mol. The van der Waals surface area contributed by atoms with Crippen LogP contribution in [-0.2, 0) is 16.0 Å². The summed E-state index contributed by atoms with van der Waals surface area (Å²) >= 11 is 0. The summed E-state index contributed by atoms with van der Waals surface area (Å²) in [6.07, 6.45) is 8.70. The highest BCUT2D eigenvalue weighted by atomic mass is 16.1. The topological polar surface area (TPSA) is 63.2 Å². The minimum Gasteiger partial charge on any atom is -0.306 e. The summed E-state index contributed by atoms with van der Waals surface area (Å²) in [6, 6.07) is 0. The molecule has 1 fully saturated rings. The van der Waals surface area contributed by atoms with Gasteiger partial charge in [-0.1, -0.05) is 41.5 Å². The summed E-state index contributed by atoms with van der Waals surface area (Å²) in [5, 5.41) is 0. The Bertz CT molecular complexity index is 607. The number of rotatable bonds is 5. The van der Waals surface area contributed by atoms with Gasteiger partial charge < -0.3 is 4.90 Å². The molecule has 0 N–H and O–H groups in total. The van der Waals surface area contributed by atoms with Crippen molar-refractivity contribution >= 4 is 11.6 Å². The highest BCUT2D eigenvalue weighted by molar-refractivity contribution is 5.81. The predicted octanol–water partition coefficient (Wildman–Crippen LogP) is 4.36. The molecule has 1 aromatic rings. The van der Waals surface area contributed by atoms with Gasteiger partial charge >= 0.3 is 0 Å². The molecular formula is C23H39N3O2. The van der Waals surface area contributed by atoms with Crippen molar-refractivity contribution in [3.63, 3.8) is 0 Å². The fourth-order valence-corrected chi connectivity index (χ4v) is 3.27. The van der Waals surface area contributed by atoms with Gasteiger partial charge in [0.1, 0.15) is 11.6 Å². The monoisotopic (exact) mass is 389 g/mol. The van der Waals surface area contributed by atoms with E-state index >= 15 is 0 Å². The molecule has 1 aliphatic rings. The second kappa shape index (κ2) is 10.8. The molecule has 1 aromatic heterocycles. The van der Waals surface area contributed by atoms with Gasteiger partial charge in [-0.3, -0.25) is 19.6 Å². The van der Waals surface area contributed by atoms with Crippen LogP contribution in [0.2, 0.25) is 0 Å². The van der Waals surface area contributed by atoms with Crippen molar-refractivity contribution < 1.29 is 9.59 Å². The smallest absolute Gasteiger partial charge is 0.139 e. The van der Waals surface area contributed by atoms with Crippen LogP contribution in [0.3, 0.4) is 0 Å². The number of nitrogens with zero attached hydrogens (tertiary/aromatic N) is 3. The Labute approximate surface area is 171 Å². The summed E-state index contributed by atoms with van der Waals surface area (Å²) in [6.45, 7) is 14.8. The molecule has 2 rings (SSSR count). The third kappa shape index (κ3) is 11.3. The Morgan fingerprint density at radius 3 is 2.04 bits per heavy atom. The van der Waals surface area contributed by atoms with Crippen molar-refractivity contribution in [2.24, 2.45) is 16.7 Å². The van der Waals surface area contributed by atoms with E-state index in [0.29, 0.717) is 24.5 Å². The van der Waals surface area contributed by atoms with Crippen molar-refractivity contribution in [1.29, 1.82) is 0 Å². The molecule has 1 saturated heterocycles. The number of carbonyl (C=O) groups excluding carboxylic acids is 2. The van der Waals surface area contributed by atoms with Crippen molar-refractivity contribution in [3.05, 3.63) is 24.3 Å². The lowest BCUT2D eigenvalue weighted by atomic mass is 9.82. The Hall–Kier alpha value is -1.62. The maximum absolute atomic E-state index is 11.9. The quantitative estimate of drug-likeness (QED) is 0.749. The Morgan fingerprint density at radius 2 is 1.57 bits per heavy atom. The second-order valence-corrected chi connectivity index (χ2v) is 10.4. The molecule has 5 heteroatoms. The second-order valence-electron chi connectivity index (χ2n) is 10.4. The SMILES string of the molecule is CC(C)(C)CC(=O)Cc1cnccn1.CN1CCC(C(=O)CC(C)(C)C)CC1. The predicted molar refractivity (Wildman–Crippen MR) is 114 cm³/mol. The zero-order valence-corrected chi connectivity index (χ0v) is 18.9. The van der Waals surface area contributed by atoms with Gasteiger partial charge in [-0.2, -0.15) is 0 Å². The van der Waals surface area contributed by atoms with E-state index in [1.807, 2.05) is 0 Å². The molecule has 0 bridgehead atoms. The molecule has 0 amide bonds. The van der Waals surface area contributed by atoms with E-state index in [4.69, 9.17) is 0 Å². The molecule has 0 unspecified atom stereocenters. The van der Waals surface area contributed by atoms with E-state index in [9.17, 15) is 9.59 Å². The van der Waals surface area contributed by atoms with Gasteiger partial charge in [0.25, 0.3) is 0 Å². The zero-order chi connectivity index (χ0) is 21.4. The van der Waals surface area contributed by atoms with Gasteiger partial charge in [-0.15, -0.1) is 0 Å². The van der Waals surface area contributed by atoms with Gasteiger partial charge in [0.05, 0.1) is 12.1 Å². The van der Waals surface area contributed by atoms with Crippen LogP contribution in [0.15, 0.2) is 18.6 Å². The van der Waals surface area contributed by atoms with Crippen LogP contribution in [0, 0.1) is 16.7 Å². The molecule has 2 heterocycles. The molecule has 0 radical (unpaired) electrons. The lowest BCUT2D eigenvalue weighted by Crippen LogP contribution is -2.34. The summed E-state index contributed by atoms with van der Waals surface area (Å²) in [4.78, 5) is 33.8. The van der Waals surface area contributed by atoms with E-state index in [-0.39, 0.29) is 16.6 Å². The van der Waals surface area contributed by atoms with Gasteiger partial charge in [-0.25, -0.2) is 0 Å². The minimum absolute atomic E-state index is 0.0549. The Balaban J connectivity index is 0.000000280. The molecule has 1 aliphatic heterocycles. The van der Waals surface area contributed by atoms with Crippen LogP contribution in [0.1, 0.15) is 72.9 Å². The molecule has 28 heavy (non-hydrogen) atoms. The van der Waals surface area contributed by atoms with Crippen LogP contribution in [0.4, 0.5) is 0 Å². The summed E-state index contributed by atoms with van der Waals surface area (Å²) in [7, 11) is 2.13. The lowest BCUT2D eigenvalue weighted by molar-refractivity contribution is -0.126. The normalized spacial score (nSPS) is 16.2. The number of piperidine rings is 1. The summed E-state index contributed by atoms with van der Waals surface area (Å²) in [5.74, 6) is 1.04. The highest BCUT2D eigenvalue weighted by Crippen LogP contribution is 2.25. The first-order valence-corrected chi connectivity index (χ1v) is 10.3. The third-order valence-corrected chi connectivity index (χ3v) is 4.60. The van der Waals surface area contributed by atoms with Crippen LogP contribution in [-0.4, -0.2) is 46.6 Å². The van der Waals surface area contributed by atoms with Crippen molar-refractivity contribution in [3.8, 4) is 0 Å². The number of aromatic nitrogens is 2. The van der Waals surface area contributed by atoms with E-state index in [1.54, 1.807) is 18.6 Å². The highest BCUT2D eigenvalue weighted by Gasteiger charge is 2.26. The summed E-state index contributed by atoms with van der Waals surface area (Å²) in [5.41, 5.74) is 0.960. The van der Waals surface area contributed by atoms with Crippen LogP contribution in [0.5, 0.6) is 0 Å². The Morgan fingerprint density at radius 1 is 1.00 bits per heavy atom. The van der Waals surface area contributed by atoms with Gasteiger partial charge in [0.15, 0.2) is 0 Å². The van der Waals surface area contributed by atoms with Crippen LogP contribution < -0.4 is 0 Å². The van der Waals surface area contributed by atoms with E-state index in [1.165, 1.54) is 0 Å². The van der Waals surface area contributed by atoms with Gasteiger partial charge in [0, 0.05) is 37.4 Å². The minimum atomic E-state index is 0.0549. The molecule has 0 aromatic carbocycles. The van der Waals surface area contributed by atoms with Crippen molar-refractivity contribution in [1.82, 2.24) is 14.9 Å². The fourth-order valence-electron chi connectivity index (χ4n) is 3.27. The molecule has 0 atom stereocenters. The van der Waals surface area contributed by atoms with Gasteiger partial charge in [0.2, 0.25) is 0 Å². The zero-order valence-electron chi connectivity index (χ0n) is 18.9. The standard InChI is InChI=1S/C12H23NO.C11H16N2O/c1-12(2,3)9-11(14)10-5-7-13(4)8-6-10;1-11(2,3)7-10(14)6-9-8-12-4-5-13-9/h10H,5-9H2,1-4H3;4-5,8H,6-7H2,1-3H3. The fraction of sp³-hybridized carbons (Fsp3) is 0.739. The number of likely N-dealkylation sites (tertiary alicyclic amines) is 1.